The predicted octanol–water partition coefficient (Wildman–Crippen LogP) is 2.41. The van der Waals surface area contributed by atoms with Crippen LogP contribution in [0.25, 0.3) is 0 Å². The molecular weight excluding hydrogens is 272 g/mol. The number of carbonyl (C=O) groups excluding carboxylic acids is 1. The molecule has 0 aromatic heterocycles. The molecule has 1 aliphatic rings. The van der Waals surface area contributed by atoms with E-state index in [1.54, 1.807) is 24.3 Å². The fraction of sp³-hybridized carbons (Fsp3) is 0.167. The summed E-state index contributed by atoms with van der Waals surface area (Å²) in [7, 11) is 0. The van der Waals surface area contributed by atoms with Crippen LogP contribution in [0.3, 0.4) is 0 Å². The van der Waals surface area contributed by atoms with Crippen LogP contribution in [0.1, 0.15) is 6.42 Å². The Morgan fingerprint density at radius 3 is 2.83 bits per heavy atom. The van der Waals surface area contributed by atoms with Gasteiger partial charge in [0.05, 0.1) is 10.7 Å². The molecule has 0 aliphatic carbocycles. The summed E-state index contributed by atoms with van der Waals surface area (Å²) in [4.78, 5) is 11.8. The van der Waals surface area contributed by atoms with E-state index >= 15 is 0 Å². The van der Waals surface area contributed by atoms with Gasteiger partial charge < -0.3 is 15.7 Å². The molecule has 0 spiro atoms. The molecule has 1 aliphatic heterocycles. The monoisotopic (exact) mass is 282 g/mol. The van der Waals surface area contributed by atoms with E-state index in [-0.39, 0.29) is 22.2 Å². The summed E-state index contributed by atoms with van der Waals surface area (Å²) >= 11 is 11.1. The van der Waals surface area contributed by atoms with Crippen LogP contribution in [0.5, 0.6) is 0 Å². The van der Waals surface area contributed by atoms with E-state index in [1.165, 1.54) is 0 Å². The number of benzene rings is 1. The first-order chi connectivity index (χ1) is 8.59. The molecule has 1 aromatic rings. The van der Waals surface area contributed by atoms with Crippen molar-refractivity contribution < 1.29 is 9.90 Å². The van der Waals surface area contributed by atoms with Gasteiger partial charge in [0, 0.05) is 13.0 Å². The minimum atomic E-state index is -0.372. The zero-order valence-electron chi connectivity index (χ0n) is 9.37. The van der Waals surface area contributed by atoms with Gasteiger partial charge in [-0.2, -0.15) is 0 Å². The molecule has 0 saturated heterocycles. The van der Waals surface area contributed by atoms with Crippen molar-refractivity contribution in [3.63, 3.8) is 0 Å². The molecular formula is C12H11ClN2O2S. The fourth-order valence-electron chi connectivity index (χ4n) is 1.62. The molecule has 3 N–H and O–H groups in total. The maximum atomic E-state index is 11.6. The molecule has 0 radical (unpaired) electrons. The third-order valence-corrected chi connectivity index (χ3v) is 3.15. The van der Waals surface area contributed by atoms with Gasteiger partial charge in [-0.15, -0.1) is 0 Å². The number of para-hydroxylation sites is 1. The molecule has 0 unspecified atom stereocenters. The number of carbonyl (C=O) groups is 1. The zero-order chi connectivity index (χ0) is 13.1. The lowest BCUT2D eigenvalue weighted by Crippen LogP contribution is -2.36. The lowest BCUT2D eigenvalue weighted by atomic mass is 10.1. The van der Waals surface area contributed by atoms with E-state index in [0.717, 1.165) is 0 Å². The quantitative estimate of drug-likeness (QED) is 0.729. The predicted molar refractivity (Wildman–Crippen MR) is 75.0 cm³/mol. The van der Waals surface area contributed by atoms with Crippen LogP contribution >= 0.6 is 23.8 Å². The highest BCUT2D eigenvalue weighted by molar-refractivity contribution is 7.81. The van der Waals surface area contributed by atoms with Gasteiger partial charge in [0.15, 0.2) is 0 Å². The summed E-state index contributed by atoms with van der Waals surface area (Å²) in [5, 5.41) is 15.7. The van der Waals surface area contributed by atoms with Crippen LogP contribution in [0.2, 0.25) is 5.02 Å². The number of amides is 1. The van der Waals surface area contributed by atoms with Gasteiger partial charge in [-0.3, -0.25) is 4.79 Å². The second kappa shape index (κ2) is 5.37. The van der Waals surface area contributed by atoms with Crippen molar-refractivity contribution in [2.75, 3.05) is 11.9 Å². The van der Waals surface area contributed by atoms with Gasteiger partial charge in [-0.05, 0) is 12.1 Å². The van der Waals surface area contributed by atoms with Crippen LogP contribution < -0.4 is 10.6 Å². The van der Waals surface area contributed by atoms with Gasteiger partial charge in [0.25, 0.3) is 5.91 Å². The van der Waals surface area contributed by atoms with Crippen LogP contribution in [0.4, 0.5) is 5.69 Å². The molecule has 1 heterocycles. The number of anilines is 1. The molecule has 0 bridgehead atoms. The van der Waals surface area contributed by atoms with Crippen LogP contribution in [-0.4, -0.2) is 22.5 Å². The standard InChI is InChI=1S/C12H11ClN2O2S/c13-7-3-1-2-4-8(7)15-12(18)10-9(16)5-6-14-11(10)17/h1-4,16H,5-6H2,(H,14,17)(H,15,18). The smallest absolute Gasteiger partial charge is 0.257 e. The Morgan fingerprint density at radius 2 is 2.17 bits per heavy atom. The molecule has 6 heteroatoms. The number of aliphatic hydroxyl groups excluding tert-OH is 1. The van der Waals surface area contributed by atoms with Crippen molar-refractivity contribution in [2.24, 2.45) is 0 Å². The minimum Gasteiger partial charge on any atom is -0.511 e. The molecule has 4 nitrogen and oxygen atoms in total. The Labute approximate surface area is 115 Å². The van der Waals surface area contributed by atoms with Crippen molar-refractivity contribution in [3.05, 3.63) is 40.6 Å². The second-order valence-electron chi connectivity index (χ2n) is 3.76. The first-order valence-corrected chi connectivity index (χ1v) is 6.14. The average molecular weight is 283 g/mol. The van der Waals surface area contributed by atoms with Crippen molar-refractivity contribution >= 4 is 40.4 Å². The maximum Gasteiger partial charge on any atom is 0.257 e. The van der Waals surface area contributed by atoms with E-state index in [4.69, 9.17) is 23.8 Å². The Balaban J connectivity index is 2.23. The van der Waals surface area contributed by atoms with E-state index < -0.39 is 0 Å². The van der Waals surface area contributed by atoms with E-state index in [0.29, 0.717) is 23.7 Å². The number of hydrogen-bond acceptors (Lipinski definition) is 3. The van der Waals surface area contributed by atoms with E-state index in [2.05, 4.69) is 10.6 Å². The topological polar surface area (TPSA) is 61.4 Å². The van der Waals surface area contributed by atoms with Crippen molar-refractivity contribution in [1.29, 1.82) is 0 Å². The number of thiocarbonyl (C=S) groups is 1. The largest absolute Gasteiger partial charge is 0.511 e. The first kappa shape index (κ1) is 12.9. The summed E-state index contributed by atoms with van der Waals surface area (Å²) in [6.07, 6.45) is 0.380. The lowest BCUT2D eigenvalue weighted by Gasteiger charge is -2.18. The molecule has 2 rings (SSSR count). The Kier molecular flexibility index (Phi) is 3.84. The number of aliphatic hydroxyl groups is 1. The zero-order valence-corrected chi connectivity index (χ0v) is 10.9. The molecule has 18 heavy (non-hydrogen) atoms. The minimum absolute atomic E-state index is 0.00306. The van der Waals surface area contributed by atoms with Crippen LogP contribution in [0, 0.1) is 0 Å². The van der Waals surface area contributed by atoms with Crippen molar-refractivity contribution in [3.8, 4) is 0 Å². The summed E-state index contributed by atoms with van der Waals surface area (Å²) in [6.45, 7) is 0.420. The van der Waals surface area contributed by atoms with Crippen molar-refractivity contribution in [2.45, 2.75) is 6.42 Å². The highest BCUT2D eigenvalue weighted by atomic mass is 35.5. The van der Waals surface area contributed by atoms with Crippen LogP contribution in [0.15, 0.2) is 35.6 Å². The van der Waals surface area contributed by atoms with Gasteiger partial charge in [0.1, 0.15) is 16.3 Å². The third-order valence-electron chi connectivity index (χ3n) is 2.51. The van der Waals surface area contributed by atoms with Gasteiger partial charge >= 0.3 is 0 Å². The highest BCUT2D eigenvalue weighted by Crippen LogP contribution is 2.22. The Bertz CT molecular complexity index is 543. The van der Waals surface area contributed by atoms with E-state index in [9.17, 15) is 9.90 Å². The van der Waals surface area contributed by atoms with Gasteiger partial charge in [0.2, 0.25) is 0 Å². The fourth-order valence-corrected chi connectivity index (χ4v) is 2.12. The molecule has 0 atom stereocenters. The molecule has 94 valence electrons. The number of rotatable bonds is 2. The van der Waals surface area contributed by atoms with Crippen LogP contribution in [-0.2, 0) is 4.79 Å². The summed E-state index contributed by atoms with van der Waals surface area (Å²) in [6, 6.07) is 7.04. The Morgan fingerprint density at radius 1 is 1.44 bits per heavy atom. The third kappa shape index (κ3) is 2.63. The normalized spacial score (nSPS) is 15.3. The molecule has 0 saturated carbocycles. The van der Waals surface area contributed by atoms with Gasteiger partial charge in [-0.25, -0.2) is 0 Å². The Hall–Kier alpha value is -1.59. The SMILES string of the molecule is O=C1NCCC(O)=C1C(=S)Nc1ccccc1Cl. The van der Waals surface area contributed by atoms with Crippen molar-refractivity contribution in [1.82, 2.24) is 5.32 Å². The average Bonchev–Trinajstić information content (AvgIpc) is 2.32. The lowest BCUT2D eigenvalue weighted by molar-refractivity contribution is -0.117. The van der Waals surface area contributed by atoms with Gasteiger partial charge in [-0.1, -0.05) is 36.0 Å². The first-order valence-electron chi connectivity index (χ1n) is 5.36. The summed E-state index contributed by atoms with van der Waals surface area (Å²) in [5.41, 5.74) is 0.707. The number of hydrogen-bond donors (Lipinski definition) is 3. The summed E-state index contributed by atoms with van der Waals surface area (Å²) < 4.78 is 0. The molecule has 1 aromatic carbocycles. The molecule has 1 amide bonds. The molecule has 0 fully saturated rings. The number of nitrogens with one attached hydrogen (secondary N) is 2. The second-order valence-corrected chi connectivity index (χ2v) is 4.58. The maximum absolute atomic E-state index is 11.6. The van der Waals surface area contributed by atoms with E-state index in [1.807, 2.05) is 0 Å². The summed E-state index contributed by atoms with van der Waals surface area (Å²) in [5.74, 6) is -0.369. The number of halogens is 1. The highest BCUT2D eigenvalue weighted by Gasteiger charge is 2.23.